The zero-order valence-electron chi connectivity index (χ0n) is 19.3. The third-order valence-electron chi connectivity index (χ3n) is 6.19. The average molecular weight is 417 g/mol. The number of rotatable bonds is 7. The summed E-state index contributed by atoms with van der Waals surface area (Å²) in [5.74, 6) is 1.69. The summed E-state index contributed by atoms with van der Waals surface area (Å²) < 4.78 is 11.5. The summed E-state index contributed by atoms with van der Waals surface area (Å²) in [5, 5.41) is 3.57. The van der Waals surface area contributed by atoms with E-state index < -0.39 is 5.60 Å². The first kappa shape index (κ1) is 22.9. The molecule has 1 atom stereocenters. The normalized spacial score (nSPS) is 20.0. The number of carbonyl (C=O) groups excluding carboxylic acids is 1. The van der Waals surface area contributed by atoms with E-state index in [9.17, 15) is 4.79 Å². The topological polar surface area (TPSA) is 50.8 Å². The smallest absolute Gasteiger partial charge is 0.410 e. The third-order valence-corrected chi connectivity index (χ3v) is 6.19. The maximum absolute atomic E-state index is 12.2. The molecule has 30 heavy (non-hydrogen) atoms. The maximum atomic E-state index is 12.2. The molecule has 168 valence electrons. The van der Waals surface area contributed by atoms with Gasteiger partial charge < -0.3 is 19.7 Å². The van der Waals surface area contributed by atoms with Crippen molar-refractivity contribution in [1.29, 1.82) is 0 Å². The lowest BCUT2D eigenvalue weighted by Crippen LogP contribution is -2.41. The average Bonchev–Trinajstić information content (AvgIpc) is 2.70. The van der Waals surface area contributed by atoms with Crippen molar-refractivity contribution in [3.63, 3.8) is 0 Å². The Kier molecular flexibility index (Phi) is 8.04. The van der Waals surface area contributed by atoms with E-state index in [1.54, 1.807) is 0 Å². The summed E-state index contributed by atoms with van der Waals surface area (Å²) in [7, 11) is 0. The van der Waals surface area contributed by atoms with Crippen molar-refractivity contribution in [2.24, 2.45) is 5.92 Å². The fraction of sp³-hybridized carbons (Fsp3) is 0.720. The Morgan fingerprint density at radius 2 is 1.93 bits per heavy atom. The molecule has 1 aromatic carbocycles. The number of fused-ring (bicyclic) bond motifs is 1. The van der Waals surface area contributed by atoms with E-state index in [0.717, 1.165) is 70.5 Å². The van der Waals surface area contributed by atoms with Crippen molar-refractivity contribution >= 4 is 6.09 Å². The van der Waals surface area contributed by atoms with Gasteiger partial charge in [0.2, 0.25) is 0 Å². The molecule has 0 saturated carbocycles. The van der Waals surface area contributed by atoms with Gasteiger partial charge in [0.25, 0.3) is 0 Å². The van der Waals surface area contributed by atoms with Gasteiger partial charge in [-0.1, -0.05) is 13.0 Å². The zero-order valence-corrected chi connectivity index (χ0v) is 19.3. The Bertz CT molecular complexity index is 690. The molecule has 1 aliphatic carbocycles. The Hall–Kier alpha value is -1.75. The number of ether oxygens (including phenoxy) is 2. The standard InChI is InChI=1S/C25H40N2O3/c1-5-26-22-10-8-21-18-23(11-9-20(21)17-22)29-16-6-7-19-12-14-27(15-13-19)24(28)30-25(2,3)4/h9,11,18-19,22,26H,5-8,10,12-17H2,1-4H3. The van der Waals surface area contributed by atoms with E-state index in [1.807, 2.05) is 25.7 Å². The minimum Gasteiger partial charge on any atom is -0.494 e. The van der Waals surface area contributed by atoms with Crippen LogP contribution in [-0.4, -0.2) is 48.9 Å². The van der Waals surface area contributed by atoms with Gasteiger partial charge in [0.05, 0.1) is 6.61 Å². The van der Waals surface area contributed by atoms with Gasteiger partial charge in [0.15, 0.2) is 0 Å². The molecule has 0 radical (unpaired) electrons. The van der Waals surface area contributed by atoms with Gasteiger partial charge in [-0.3, -0.25) is 0 Å². The monoisotopic (exact) mass is 416 g/mol. The van der Waals surface area contributed by atoms with Gasteiger partial charge >= 0.3 is 6.09 Å². The molecule has 1 saturated heterocycles. The molecule has 0 aromatic heterocycles. The Morgan fingerprint density at radius 1 is 1.17 bits per heavy atom. The van der Waals surface area contributed by atoms with Crippen LogP contribution < -0.4 is 10.1 Å². The number of benzene rings is 1. The van der Waals surface area contributed by atoms with Gasteiger partial charge in [-0.25, -0.2) is 4.79 Å². The molecule has 1 unspecified atom stereocenters. The quantitative estimate of drug-likeness (QED) is 0.638. The molecule has 5 nitrogen and oxygen atoms in total. The van der Waals surface area contributed by atoms with Crippen molar-refractivity contribution in [3.05, 3.63) is 29.3 Å². The summed E-state index contributed by atoms with van der Waals surface area (Å²) in [4.78, 5) is 14.0. The zero-order chi connectivity index (χ0) is 21.6. The highest BCUT2D eigenvalue weighted by Gasteiger charge is 2.26. The summed E-state index contributed by atoms with van der Waals surface area (Å²) in [6, 6.07) is 7.25. The molecular formula is C25H40N2O3. The Labute approximate surface area is 182 Å². The first-order valence-corrected chi connectivity index (χ1v) is 11.8. The molecule has 5 heteroatoms. The van der Waals surface area contributed by atoms with E-state index in [2.05, 4.69) is 30.4 Å². The summed E-state index contributed by atoms with van der Waals surface area (Å²) in [5.41, 5.74) is 2.50. The van der Waals surface area contributed by atoms with Crippen LogP contribution in [0.4, 0.5) is 4.79 Å². The second-order valence-electron chi connectivity index (χ2n) is 9.83. The lowest BCUT2D eigenvalue weighted by atomic mass is 9.88. The number of hydrogen-bond acceptors (Lipinski definition) is 4. The lowest BCUT2D eigenvalue weighted by Gasteiger charge is -2.33. The number of hydrogen-bond donors (Lipinski definition) is 1. The van der Waals surface area contributed by atoms with Gasteiger partial charge in [0, 0.05) is 19.1 Å². The van der Waals surface area contributed by atoms with Crippen molar-refractivity contribution < 1.29 is 14.3 Å². The number of nitrogens with one attached hydrogen (secondary N) is 1. The van der Waals surface area contributed by atoms with Crippen LogP contribution in [0.3, 0.4) is 0 Å². The van der Waals surface area contributed by atoms with Crippen LogP contribution in [0.2, 0.25) is 0 Å². The van der Waals surface area contributed by atoms with Crippen molar-refractivity contribution in [2.45, 2.75) is 84.3 Å². The van der Waals surface area contributed by atoms with Crippen LogP contribution in [-0.2, 0) is 17.6 Å². The highest BCUT2D eigenvalue weighted by Crippen LogP contribution is 2.27. The van der Waals surface area contributed by atoms with Crippen LogP contribution in [0, 0.1) is 5.92 Å². The molecule has 1 fully saturated rings. The molecule has 1 aromatic rings. The van der Waals surface area contributed by atoms with Crippen LogP contribution in [0.25, 0.3) is 0 Å². The molecule has 1 N–H and O–H groups in total. The summed E-state index contributed by atoms with van der Waals surface area (Å²) in [6.45, 7) is 11.4. The number of nitrogens with zero attached hydrogens (tertiary/aromatic N) is 1. The number of aryl methyl sites for hydroxylation is 1. The minimum atomic E-state index is -0.421. The van der Waals surface area contributed by atoms with Gasteiger partial charge in [-0.05, 0) is 101 Å². The molecule has 0 spiro atoms. The molecule has 0 bridgehead atoms. The Morgan fingerprint density at radius 3 is 2.63 bits per heavy atom. The van der Waals surface area contributed by atoms with E-state index in [0.29, 0.717) is 12.0 Å². The molecule has 2 aliphatic rings. The molecular weight excluding hydrogens is 376 g/mol. The SMILES string of the molecule is CCNC1CCc2cc(OCCCC3CCN(C(=O)OC(C)(C)C)CC3)ccc2C1. The molecule has 1 aliphatic heterocycles. The lowest BCUT2D eigenvalue weighted by molar-refractivity contribution is 0.0179. The second-order valence-corrected chi connectivity index (χ2v) is 9.83. The van der Waals surface area contributed by atoms with E-state index in [4.69, 9.17) is 9.47 Å². The predicted octanol–water partition coefficient (Wildman–Crippen LogP) is 4.96. The second kappa shape index (κ2) is 10.5. The first-order valence-electron chi connectivity index (χ1n) is 11.8. The van der Waals surface area contributed by atoms with Gasteiger partial charge in [0.1, 0.15) is 11.4 Å². The molecule has 1 heterocycles. The third kappa shape index (κ3) is 6.90. The van der Waals surface area contributed by atoms with Gasteiger partial charge in [-0.15, -0.1) is 0 Å². The number of piperidine rings is 1. The minimum absolute atomic E-state index is 0.173. The highest BCUT2D eigenvalue weighted by atomic mass is 16.6. The van der Waals surface area contributed by atoms with Crippen molar-refractivity contribution in [3.8, 4) is 5.75 Å². The van der Waals surface area contributed by atoms with Crippen LogP contribution in [0.1, 0.15) is 70.9 Å². The first-order chi connectivity index (χ1) is 14.3. The summed E-state index contributed by atoms with van der Waals surface area (Å²) in [6.07, 6.45) is 7.66. The number of carbonyl (C=O) groups is 1. The van der Waals surface area contributed by atoms with E-state index in [-0.39, 0.29) is 6.09 Å². The number of amides is 1. The highest BCUT2D eigenvalue weighted by molar-refractivity contribution is 5.68. The van der Waals surface area contributed by atoms with Crippen LogP contribution in [0.15, 0.2) is 18.2 Å². The van der Waals surface area contributed by atoms with Gasteiger partial charge in [-0.2, -0.15) is 0 Å². The number of likely N-dealkylation sites (tertiary alicyclic amines) is 1. The van der Waals surface area contributed by atoms with Crippen molar-refractivity contribution in [2.75, 3.05) is 26.2 Å². The summed E-state index contributed by atoms with van der Waals surface area (Å²) >= 11 is 0. The van der Waals surface area contributed by atoms with E-state index in [1.165, 1.54) is 17.5 Å². The van der Waals surface area contributed by atoms with Crippen LogP contribution in [0.5, 0.6) is 5.75 Å². The fourth-order valence-electron chi connectivity index (χ4n) is 4.58. The van der Waals surface area contributed by atoms with E-state index >= 15 is 0 Å². The van der Waals surface area contributed by atoms with Crippen molar-refractivity contribution in [1.82, 2.24) is 10.2 Å². The van der Waals surface area contributed by atoms with Crippen LogP contribution >= 0.6 is 0 Å². The Balaban J connectivity index is 1.34. The maximum Gasteiger partial charge on any atom is 0.410 e. The molecule has 3 rings (SSSR count). The largest absolute Gasteiger partial charge is 0.494 e. The predicted molar refractivity (Wildman–Crippen MR) is 121 cm³/mol. The fourth-order valence-corrected chi connectivity index (χ4v) is 4.58. The molecule has 1 amide bonds. The number of likely N-dealkylation sites (N-methyl/N-ethyl adjacent to an activating group) is 1.